The second kappa shape index (κ2) is 8.20. The van der Waals surface area contributed by atoms with E-state index in [0.29, 0.717) is 21.9 Å². The van der Waals surface area contributed by atoms with E-state index in [1.165, 1.54) is 23.9 Å². The molecule has 0 aliphatic rings. The second-order valence-electron chi connectivity index (χ2n) is 6.91. The van der Waals surface area contributed by atoms with Crippen LogP contribution in [-0.4, -0.2) is 15.2 Å². The Hall–Kier alpha value is -3.71. The van der Waals surface area contributed by atoms with Crippen LogP contribution < -0.4 is 5.43 Å². The van der Waals surface area contributed by atoms with Crippen LogP contribution in [0.3, 0.4) is 0 Å². The number of fused-ring (bicyclic) bond motifs is 1. The first kappa shape index (κ1) is 19.3. The third-order valence-corrected chi connectivity index (χ3v) is 5.80. The fourth-order valence-electron chi connectivity index (χ4n) is 3.37. The maximum atomic E-state index is 13.1. The molecule has 1 N–H and O–H groups in total. The van der Waals surface area contributed by atoms with Gasteiger partial charge in [-0.15, -0.1) is 10.2 Å². The number of nitrogens with one attached hydrogen (secondary N) is 1. The van der Waals surface area contributed by atoms with E-state index in [0.717, 1.165) is 22.2 Å². The molecule has 5 rings (SSSR count). The van der Waals surface area contributed by atoms with Crippen LogP contribution in [0.1, 0.15) is 5.56 Å². The molecule has 7 heteroatoms. The third kappa shape index (κ3) is 3.87. The zero-order valence-electron chi connectivity index (χ0n) is 16.2. The van der Waals surface area contributed by atoms with Gasteiger partial charge in [-0.25, -0.2) is 4.39 Å². The van der Waals surface area contributed by atoms with Crippen LogP contribution in [0.15, 0.2) is 93.4 Å². The second-order valence-corrected chi connectivity index (χ2v) is 7.84. The molecule has 2 heterocycles. The summed E-state index contributed by atoms with van der Waals surface area (Å²) in [5.41, 5.74) is 3.80. The molecule has 152 valence electrons. The van der Waals surface area contributed by atoms with E-state index < -0.39 is 0 Å². The summed E-state index contributed by atoms with van der Waals surface area (Å²) >= 11 is 1.33. The van der Waals surface area contributed by atoms with Crippen LogP contribution in [0.5, 0.6) is 0 Å². The van der Waals surface area contributed by atoms with Gasteiger partial charge in [0.05, 0.1) is 5.52 Å². The zero-order valence-corrected chi connectivity index (χ0v) is 17.0. The van der Waals surface area contributed by atoms with Crippen molar-refractivity contribution >= 4 is 22.7 Å². The zero-order chi connectivity index (χ0) is 21.2. The lowest BCUT2D eigenvalue weighted by Crippen LogP contribution is -2.07. The van der Waals surface area contributed by atoms with Gasteiger partial charge in [0.1, 0.15) is 11.4 Å². The minimum Gasteiger partial charge on any atom is -0.411 e. The molecule has 0 bridgehead atoms. The van der Waals surface area contributed by atoms with Crippen molar-refractivity contribution in [1.29, 1.82) is 0 Å². The van der Waals surface area contributed by atoms with Gasteiger partial charge in [-0.05, 0) is 29.3 Å². The van der Waals surface area contributed by atoms with Crippen molar-refractivity contribution in [3.63, 3.8) is 0 Å². The van der Waals surface area contributed by atoms with E-state index in [1.54, 1.807) is 24.4 Å². The Morgan fingerprint density at radius 3 is 2.52 bits per heavy atom. The highest BCUT2D eigenvalue weighted by atomic mass is 32.2. The average molecular weight is 429 g/mol. The Morgan fingerprint density at radius 1 is 0.903 bits per heavy atom. The van der Waals surface area contributed by atoms with Gasteiger partial charge >= 0.3 is 0 Å². The standard InChI is InChI=1S/C24H16FN3O2S/c25-17-11-9-15(10-12-17)14-31-24-28-27-23(30-24)20-13-26-21-18(16-5-2-1-3-6-16)7-4-8-19(21)22(20)29/h1-13H,14H2,(H,26,29). The van der Waals surface area contributed by atoms with Crippen molar-refractivity contribution in [3.05, 3.63) is 101 Å². The molecule has 5 nitrogen and oxygen atoms in total. The van der Waals surface area contributed by atoms with E-state index in [9.17, 15) is 9.18 Å². The molecule has 0 radical (unpaired) electrons. The van der Waals surface area contributed by atoms with Crippen molar-refractivity contribution in [2.75, 3.05) is 0 Å². The van der Waals surface area contributed by atoms with Gasteiger partial charge in [-0.1, -0.05) is 66.4 Å². The van der Waals surface area contributed by atoms with Crippen LogP contribution in [-0.2, 0) is 5.75 Å². The number of hydrogen-bond donors (Lipinski definition) is 1. The monoisotopic (exact) mass is 429 g/mol. The van der Waals surface area contributed by atoms with E-state index in [4.69, 9.17) is 4.42 Å². The topological polar surface area (TPSA) is 71.8 Å². The molecule has 31 heavy (non-hydrogen) atoms. The first-order chi connectivity index (χ1) is 15.2. The molecule has 3 aromatic carbocycles. The Labute approximate surface area is 181 Å². The molecule has 2 aromatic heterocycles. The largest absolute Gasteiger partial charge is 0.411 e. The number of para-hydroxylation sites is 1. The summed E-state index contributed by atoms with van der Waals surface area (Å²) in [6, 6.07) is 21.7. The number of benzene rings is 3. The fraction of sp³-hybridized carbons (Fsp3) is 0.0417. The predicted octanol–water partition coefficient (Wildman–Crippen LogP) is 5.68. The van der Waals surface area contributed by atoms with Gasteiger partial charge in [0.25, 0.3) is 11.1 Å². The van der Waals surface area contributed by atoms with Crippen molar-refractivity contribution in [2.45, 2.75) is 11.0 Å². The summed E-state index contributed by atoms with van der Waals surface area (Å²) < 4.78 is 18.7. The van der Waals surface area contributed by atoms with Gasteiger partial charge in [0.15, 0.2) is 0 Å². The molecule has 0 fully saturated rings. The summed E-state index contributed by atoms with van der Waals surface area (Å²) in [5.74, 6) is 0.436. The minimum atomic E-state index is -0.278. The van der Waals surface area contributed by atoms with Crippen molar-refractivity contribution in [1.82, 2.24) is 15.2 Å². The highest BCUT2D eigenvalue weighted by molar-refractivity contribution is 7.98. The number of rotatable bonds is 5. The number of aromatic amines is 1. The Morgan fingerprint density at radius 2 is 1.71 bits per heavy atom. The molecular weight excluding hydrogens is 413 g/mol. The van der Waals surface area contributed by atoms with E-state index in [1.807, 2.05) is 42.5 Å². The third-order valence-electron chi connectivity index (χ3n) is 4.91. The smallest absolute Gasteiger partial charge is 0.277 e. The maximum Gasteiger partial charge on any atom is 0.277 e. The number of hydrogen-bond acceptors (Lipinski definition) is 5. The van der Waals surface area contributed by atoms with Crippen LogP contribution in [0, 0.1) is 5.82 Å². The number of pyridine rings is 1. The lowest BCUT2D eigenvalue weighted by Gasteiger charge is -2.07. The van der Waals surface area contributed by atoms with Gasteiger partial charge < -0.3 is 9.40 Å². The number of aromatic nitrogens is 3. The molecule has 0 aliphatic carbocycles. The summed E-state index contributed by atoms with van der Waals surface area (Å²) in [4.78, 5) is 16.4. The van der Waals surface area contributed by atoms with Crippen LogP contribution in [0.2, 0.25) is 0 Å². The average Bonchev–Trinajstić information content (AvgIpc) is 3.28. The maximum absolute atomic E-state index is 13.1. The SMILES string of the molecule is O=c1c(-c2nnc(SCc3ccc(F)cc3)o2)c[nH]c2c(-c3ccccc3)cccc12. The molecule has 5 aromatic rings. The van der Waals surface area contributed by atoms with E-state index in [-0.39, 0.29) is 17.1 Å². The molecule has 0 amide bonds. The lowest BCUT2D eigenvalue weighted by molar-refractivity contribution is 0.465. The van der Waals surface area contributed by atoms with E-state index in [2.05, 4.69) is 15.2 Å². The Balaban J connectivity index is 1.45. The van der Waals surface area contributed by atoms with Gasteiger partial charge in [0, 0.05) is 22.9 Å². The van der Waals surface area contributed by atoms with Gasteiger partial charge in [-0.2, -0.15) is 0 Å². The van der Waals surface area contributed by atoms with Crippen LogP contribution in [0.4, 0.5) is 4.39 Å². The molecule has 0 saturated carbocycles. The summed E-state index contributed by atoms with van der Waals surface area (Å²) in [5, 5.41) is 8.97. The van der Waals surface area contributed by atoms with Crippen LogP contribution >= 0.6 is 11.8 Å². The fourth-order valence-corrected chi connectivity index (χ4v) is 4.09. The highest BCUT2D eigenvalue weighted by Gasteiger charge is 2.16. The van der Waals surface area contributed by atoms with Gasteiger partial charge in [-0.3, -0.25) is 4.79 Å². The minimum absolute atomic E-state index is 0.162. The molecule has 0 atom stereocenters. The van der Waals surface area contributed by atoms with Crippen molar-refractivity contribution < 1.29 is 8.81 Å². The normalized spacial score (nSPS) is 11.1. The van der Waals surface area contributed by atoms with Crippen LogP contribution in [0.25, 0.3) is 33.5 Å². The van der Waals surface area contributed by atoms with Crippen molar-refractivity contribution in [2.24, 2.45) is 0 Å². The molecule has 0 unspecified atom stereocenters. The number of H-pyrrole nitrogens is 1. The first-order valence-corrected chi connectivity index (χ1v) is 10.6. The lowest BCUT2D eigenvalue weighted by atomic mass is 10.0. The van der Waals surface area contributed by atoms with Crippen molar-refractivity contribution in [3.8, 4) is 22.6 Å². The summed E-state index contributed by atoms with van der Waals surface area (Å²) in [6.45, 7) is 0. The summed E-state index contributed by atoms with van der Waals surface area (Å²) in [6.07, 6.45) is 1.61. The highest BCUT2D eigenvalue weighted by Crippen LogP contribution is 2.28. The molecule has 0 saturated heterocycles. The molecular formula is C24H16FN3O2S. The number of halogens is 1. The molecule has 0 spiro atoms. The number of nitrogens with zero attached hydrogens (tertiary/aromatic N) is 2. The Kier molecular flexibility index (Phi) is 5.09. The quantitative estimate of drug-likeness (QED) is 0.364. The Bertz CT molecular complexity index is 1410. The number of thioether (sulfide) groups is 1. The first-order valence-electron chi connectivity index (χ1n) is 9.60. The summed E-state index contributed by atoms with van der Waals surface area (Å²) in [7, 11) is 0. The molecule has 0 aliphatic heterocycles. The van der Waals surface area contributed by atoms with Gasteiger partial charge in [0.2, 0.25) is 5.43 Å². The predicted molar refractivity (Wildman–Crippen MR) is 119 cm³/mol. The van der Waals surface area contributed by atoms with E-state index >= 15 is 0 Å².